The molecule has 5 nitrogen and oxygen atoms in total. The topological polar surface area (TPSA) is 71.1 Å². The van der Waals surface area contributed by atoms with Gasteiger partial charge in [-0.1, -0.05) is 25.6 Å². The molecule has 9 heteroatoms. The molecule has 2 rings (SSSR count). The summed E-state index contributed by atoms with van der Waals surface area (Å²) in [5.41, 5.74) is 0.349. The summed E-state index contributed by atoms with van der Waals surface area (Å²) >= 11 is 1.04. The van der Waals surface area contributed by atoms with Gasteiger partial charge in [-0.3, -0.25) is 9.59 Å². The van der Waals surface area contributed by atoms with Crippen LogP contribution in [0.5, 0.6) is 0 Å². The maximum absolute atomic E-state index is 12.5. The van der Waals surface area contributed by atoms with E-state index in [1.807, 2.05) is 13.8 Å². The number of nitrogens with zero attached hydrogens (tertiary/aromatic N) is 1. The lowest BCUT2D eigenvalue weighted by atomic mass is 10.1. The molecule has 0 bridgehead atoms. The van der Waals surface area contributed by atoms with E-state index in [4.69, 9.17) is 0 Å². The molecule has 0 aliphatic rings. The van der Waals surface area contributed by atoms with Gasteiger partial charge in [-0.2, -0.15) is 13.2 Å². The van der Waals surface area contributed by atoms with Crippen molar-refractivity contribution in [2.24, 2.45) is 5.92 Å². The van der Waals surface area contributed by atoms with E-state index in [9.17, 15) is 22.8 Å². The Morgan fingerprint density at radius 1 is 1.00 bits per heavy atom. The Labute approximate surface area is 165 Å². The predicted octanol–water partition coefficient (Wildman–Crippen LogP) is 4.82. The number of benzene rings is 1. The molecule has 1 heterocycles. The number of halogens is 3. The second-order valence-corrected chi connectivity index (χ2v) is 7.44. The van der Waals surface area contributed by atoms with Gasteiger partial charge in [0.25, 0.3) is 0 Å². The Morgan fingerprint density at radius 3 is 2.04 bits per heavy atom. The molecule has 0 atom stereocenters. The van der Waals surface area contributed by atoms with E-state index >= 15 is 0 Å². The minimum Gasteiger partial charge on any atom is -0.326 e. The van der Waals surface area contributed by atoms with Crippen LogP contribution in [0.4, 0.5) is 24.5 Å². The number of nitrogens with one attached hydrogen (secondary N) is 2. The number of hydrogen-bond acceptors (Lipinski definition) is 4. The number of amides is 2. The smallest absolute Gasteiger partial charge is 0.326 e. The third-order valence-corrected chi connectivity index (χ3v) is 4.40. The quantitative estimate of drug-likeness (QED) is 0.641. The van der Waals surface area contributed by atoms with Crippen molar-refractivity contribution in [2.75, 3.05) is 16.4 Å². The van der Waals surface area contributed by atoms with Gasteiger partial charge in [-0.05, 0) is 42.3 Å². The largest absolute Gasteiger partial charge is 0.417 e. The van der Waals surface area contributed by atoms with E-state index in [1.54, 1.807) is 24.3 Å². The number of hydrogen-bond donors (Lipinski definition) is 2. The highest BCUT2D eigenvalue weighted by Gasteiger charge is 2.30. The molecule has 0 aliphatic heterocycles. The Balaban J connectivity index is 1.82. The number of carbonyl (C=O) groups excluding carboxylic acids is 2. The lowest BCUT2D eigenvalue weighted by molar-refractivity contribution is -0.137. The summed E-state index contributed by atoms with van der Waals surface area (Å²) in [4.78, 5) is 27.4. The Morgan fingerprint density at radius 2 is 1.57 bits per heavy atom. The number of aromatic nitrogens is 1. The monoisotopic (exact) mass is 411 g/mol. The first kappa shape index (κ1) is 21.7. The van der Waals surface area contributed by atoms with Crippen LogP contribution in [0.15, 0.2) is 47.6 Å². The molecule has 0 saturated heterocycles. The minimum atomic E-state index is -4.44. The van der Waals surface area contributed by atoms with Gasteiger partial charge in [0.15, 0.2) is 0 Å². The van der Waals surface area contributed by atoms with Crippen LogP contribution >= 0.6 is 11.8 Å². The van der Waals surface area contributed by atoms with Crippen molar-refractivity contribution in [1.29, 1.82) is 0 Å². The van der Waals surface area contributed by atoms with Crippen molar-refractivity contribution in [3.63, 3.8) is 0 Å². The second-order valence-electron chi connectivity index (χ2n) is 6.44. The Kier molecular flexibility index (Phi) is 7.45. The highest BCUT2D eigenvalue weighted by molar-refractivity contribution is 7.99. The summed E-state index contributed by atoms with van der Waals surface area (Å²) in [7, 11) is 0. The molecule has 1 aromatic carbocycles. The lowest BCUT2D eigenvalue weighted by Crippen LogP contribution is -2.15. The van der Waals surface area contributed by atoms with Gasteiger partial charge in [0.2, 0.25) is 11.8 Å². The van der Waals surface area contributed by atoms with E-state index in [2.05, 4.69) is 15.6 Å². The summed E-state index contributed by atoms with van der Waals surface area (Å²) in [5.74, 6) is -0.128. The molecule has 150 valence electrons. The SMILES string of the molecule is CC(C)CC(=O)Nc1ccc(NC(=O)CSc2ccc(C(F)(F)F)cn2)cc1. The van der Waals surface area contributed by atoms with Crippen LogP contribution in [0.1, 0.15) is 25.8 Å². The highest BCUT2D eigenvalue weighted by Crippen LogP contribution is 2.29. The van der Waals surface area contributed by atoms with E-state index in [-0.39, 0.29) is 23.5 Å². The number of rotatable bonds is 7. The molecule has 0 unspecified atom stereocenters. The maximum atomic E-state index is 12.5. The molecule has 2 amide bonds. The van der Waals surface area contributed by atoms with E-state index in [0.29, 0.717) is 22.8 Å². The van der Waals surface area contributed by atoms with E-state index < -0.39 is 11.7 Å². The van der Waals surface area contributed by atoms with Crippen molar-refractivity contribution in [1.82, 2.24) is 4.98 Å². The minimum absolute atomic E-state index is 0.00520. The molecule has 0 radical (unpaired) electrons. The fourth-order valence-electron chi connectivity index (χ4n) is 2.19. The number of thioether (sulfide) groups is 1. The average molecular weight is 411 g/mol. The lowest BCUT2D eigenvalue weighted by Gasteiger charge is -2.09. The third kappa shape index (κ3) is 7.22. The highest BCUT2D eigenvalue weighted by atomic mass is 32.2. The standard InChI is InChI=1S/C19H20F3N3O2S/c1-12(2)9-16(26)24-14-4-6-15(7-5-14)25-17(27)11-28-18-8-3-13(10-23-18)19(20,21)22/h3-8,10,12H,9,11H2,1-2H3,(H,24,26)(H,25,27). The molecule has 1 aromatic heterocycles. The summed E-state index contributed by atoms with van der Waals surface area (Å²) in [6.07, 6.45) is -3.27. The van der Waals surface area contributed by atoms with Crippen LogP contribution in [-0.2, 0) is 15.8 Å². The first-order chi connectivity index (χ1) is 13.1. The zero-order chi connectivity index (χ0) is 20.7. The molecule has 2 N–H and O–H groups in total. The molecule has 0 fully saturated rings. The van der Waals surface area contributed by atoms with Gasteiger partial charge in [-0.25, -0.2) is 4.98 Å². The Bertz CT molecular complexity index is 807. The van der Waals surface area contributed by atoms with Crippen LogP contribution in [0.25, 0.3) is 0 Å². The van der Waals surface area contributed by atoms with Gasteiger partial charge < -0.3 is 10.6 Å². The summed E-state index contributed by atoms with van der Waals surface area (Å²) in [5, 5.41) is 5.78. The van der Waals surface area contributed by atoms with Crippen LogP contribution in [-0.4, -0.2) is 22.6 Å². The van der Waals surface area contributed by atoms with Gasteiger partial charge >= 0.3 is 6.18 Å². The van der Waals surface area contributed by atoms with E-state index in [0.717, 1.165) is 24.0 Å². The van der Waals surface area contributed by atoms with Crippen molar-refractivity contribution in [3.8, 4) is 0 Å². The van der Waals surface area contributed by atoms with Crippen molar-refractivity contribution < 1.29 is 22.8 Å². The van der Waals surface area contributed by atoms with Crippen molar-refractivity contribution >= 4 is 35.0 Å². The molecule has 28 heavy (non-hydrogen) atoms. The number of carbonyl (C=O) groups is 2. The zero-order valence-corrected chi connectivity index (χ0v) is 16.2. The second kappa shape index (κ2) is 9.59. The normalized spacial score (nSPS) is 11.4. The fourth-order valence-corrected chi connectivity index (χ4v) is 2.83. The van der Waals surface area contributed by atoms with Crippen molar-refractivity contribution in [3.05, 3.63) is 48.2 Å². The molecular formula is C19H20F3N3O2S. The van der Waals surface area contributed by atoms with Gasteiger partial charge in [-0.15, -0.1) is 0 Å². The Hall–Kier alpha value is -2.55. The zero-order valence-electron chi connectivity index (χ0n) is 15.3. The maximum Gasteiger partial charge on any atom is 0.417 e. The fraction of sp³-hybridized carbons (Fsp3) is 0.316. The average Bonchev–Trinajstić information content (AvgIpc) is 2.60. The summed E-state index contributed by atoms with van der Waals surface area (Å²) in [6.45, 7) is 3.91. The summed E-state index contributed by atoms with van der Waals surface area (Å²) in [6, 6.07) is 8.83. The van der Waals surface area contributed by atoms with Gasteiger partial charge in [0.05, 0.1) is 16.3 Å². The number of pyridine rings is 1. The molecule has 0 aliphatic carbocycles. The molecule has 2 aromatic rings. The van der Waals surface area contributed by atoms with Crippen LogP contribution in [0.2, 0.25) is 0 Å². The van der Waals surface area contributed by atoms with E-state index in [1.165, 1.54) is 6.07 Å². The predicted molar refractivity (Wildman–Crippen MR) is 103 cm³/mol. The van der Waals surface area contributed by atoms with Crippen LogP contribution in [0.3, 0.4) is 0 Å². The number of anilines is 2. The third-order valence-electron chi connectivity index (χ3n) is 3.46. The van der Waals surface area contributed by atoms with Gasteiger partial charge in [0.1, 0.15) is 0 Å². The molecular weight excluding hydrogens is 391 g/mol. The first-order valence-electron chi connectivity index (χ1n) is 8.49. The van der Waals surface area contributed by atoms with Crippen LogP contribution in [0, 0.1) is 5.92 Å². The molecule has 0 saturated carbocycles. The first-order valence-corrected chi connectivity index (χ1v) is 9.48. The van der Waals surface area contributed by atoms with Gasteiger partial charge in [0, 0.05) is 24.0 Å². The van der Waals surface area contributed by atoms with Crippen molar-refractivity contribution in [2.45, 2.75) is 31.5 Å². The molecule has 0 spiro atoms. The van der Waals surface area contributed by atoms with Crippen LogP contribution < -0.4 is 10.6 Å². The number of alkyl halides is 3. The summed E-state index contributed by atoms with van der Waals surface area (Å²) < 4.78 is 37.5.